The molecule has 6 heteroatoms. The largest absolute Gasteiger partial charge is 0.370 e. The molecule has 152 valence electrons. The first-order valence-corrected chi connectivity index (χ1v) is 9.88. The van der Waals surface area contributed by atoms with Crippen molar-refractivity contribution in [2.45, 2.75) is 6.10 Å². The number of ether oxygens (including phenoxy) is 1. The van der Waals surface area contributed by atoms with E-state index in [2.05, 4.69) is 10.6 Å². The van der Waals surface area contributed by atoms with Crippen LogP contribution in [0.3, 0.4) is 0 Å². The van der Waals surface area contributed by atoms with Crippen molar-refractivity contribution in [3.8, 4) is 0 Å². The number of urea groups is 1. The zero-order chi connectivity index (χ0) is 20.8. The molecule has 0 saturated carbocycles. The second-order valence-corrected chi connectivity index (χ2v) is 7.04. The Hall–Kier alpha value is -3.64. The summed E-state index contributed by atoms with van der Waals surface area (Å²) in [7, 11) is 0. The average molecular weight is 401 g/mol. The number of hydrogen-bond donors (Lipinski definition) is 2. The van der Waals surface area contributed by atoms with E-state index in [4.69, 9.17) is 4.74 Å². The van der Waals surface area contributed by atoms with Crippen molar-refractivity contribution in [3.05, 3.63) is 96.1 Å². The number of carbonyl (C=O) groups is 2. The first-order chi connectivity index (χ1) is 14.7. The molecule has 6 nitrogen and oxygen atoms in total. The van der Waals surface area contributed by atoms with Gasteiger partial charge in [-0.2, -0.15) is 0 Å². The lowest BCUT2D eigenvalue weighted by Gasteiger charge is -2.33. The molecule has 0 bridgehead atoms. The average Bonchev–Trinajstić information content (AvgIpc) is 2.80. The molecule has 2 N–H and O–H groups in total. The first-order valence-electron chi connectivity index (χ1n) is 9.88. The Morgan fingerprint density at radius 1 is 0.800 bits per heavy atom. The van der Waals surface area contributed by atoms with Gasteiger partial charge in [0.2, 0.25) is 0 Å². The Bertz CT molecular complexity index is 991. The van der Waals surface area contributed by atoms with Crippen LogP contribution in [0.2, 0.25) is 0 Å². The highest BCUT2D eigenvalue weighted by Gasteiger charge is 2.26. The van der Waals surface area contributed by atoms with Gasteiger partial charge in [-0.15, -0.1) is 0 Å². The van der Waals surface area contributed by atoms with Crippen LogP contribution in [0, 0.1) is 0 Å². The summed E-state index contributed by atoms with van der Waals surface area (Å²) in [5.74, 6) is -0.0421. The predicted molar refractivity (Wildman–Crippen MR) is 117 cm³/mol. The second-order valence-electron chi connectivity index (χ2n) is 7.04. The van der Waals surface area contributed by atoms with Gasteiger partial charge in [0.25, 0.3) is 5.91 Å². The monoisotopic (exact) mass is 401 g/mol. The lowest BCUT2D eigenvalue weighted by atomic mass is 10.1. The molecule has 0 aromatic heterocycles. The van der Waals surface area contributed by atoms with E-state index >= 15 is 0 Å². The summed E-state index contributed by atoms with van der Waals surface area (Å²) in [6.45, 7) is 1.58. The zero-order valence-corrected chi connectivity index (χ0v) is 16.5. The van der Waals surface area contributed by atoms with Crippen molar-refractivity contribution in [3.63, 3.8) is 0 Å². The quantitative estimate of drug-likeness (QED) is 0.674. The van der Waals surface area contributed by atoms with Gasteiger partial charge in [-0.25, -0.2) is 4.79 Å². The van der Waals surface area contributed by atoms with Crippen LogP contribution in [0.15, 0.2) is 84.9 Å². The molecule has 1 heterocycles. The number of amides is 3. The molecule has 3 amide bonds. The lowest BCUT2D eigenvalue weighted by Crippen LogP contribution is -2.42. The predicted octanol–water partition coefficient (Wildman–Crippen LogP) is 4.54. The van der Waals surface area contributed by atoms with Crippen molar-refractivity contribution in [2.24, 2.45) is 0 Å². The van der Waals surface area contributed by atoms with Gasteiger partial charge in [0.15, 0.2) is 0 Å². The standard InChI is InChI=1S/C24H23N3O3/c28-23(27-15-16-30-22(17-27)18-7-3-1-4-8-18)19-11-13-21(14-12-19)26-24(29)25-20-9-5-2-6-10-20/h1-14,22H,15-17H2,(H2,25,26,29)/t22-/m0/s1. The Morgan fingerprint density at radius 3 is 2.07 bits per heavy atom. The minimum Gasteiger partial charge on any atom is -0.370 e. The molecule has 30 heavy (non-hydrogen) atoms. The van der Waals surface area contributed by atoms with Crippen LogP contribution >= 0.6 is 0 Å². The van der Waals surface area contributed by atoms with E-state index in [1.54, 1.807) is 24.3 Å². The Balaban J connectivity index is 1.36. The Labute approximate surface area is 175 Å². The van der Waals surface area contributed by atoms with E-state index in [9.17, 15) is 9.59 Å². The zero-order valence-electron chi connectivity index (χ0n) is 16.5. The van der Waals surface area contributed by atoms with Crippen molar-refractivity contribution >= 4 is 23.3 Å². The number of para-hydroxylation sites is 1. The fourth-order valence-electron chi connectivity index (χ4n) is 3.40. The highest BCUT2D eigenvalue weighted by molar-refractivity contribution is 6.00. The first kappa shape index (κ1) is 19.7. The van der Waals surface area contributed by atoms with Crippen LogP contribution in [-0.4, -0.2) is 36.5 Å². The third-order valence-electron chi connectivity index (χ3n) is 4.95. The molecule has 3 aromatic carbocycles. The van der Waals surface area contributed by atoms with Crippen LogP contribution in [0.5, 0.6) is 0 Å². The number of anilines is 2. The normalized spacial score (nSPS) is 16.0. The number of carbonyl (C=O) groups excluding carboxylic acids is 2. The van der Waals surface area contributed by atoms with E-state index in [0.29, 0.717) is 36.6 Å². The van der Waals surface area contributed by atoms with E-state index in [0.717, 1.165) is 5.56 Å². The van der Waals surface area contributed by atoms with Gasteiger partial charge >= 0.3 is 6.03 Å². The van der Waals surface area contributed by atoms with E-state index in [-0.39, 0.29) is 18.0 Å². The van der Waals surface area contributed by atoms with Gasteiger partial charge in [-0.05, 0) is 42.0 Å². The summed E-state index contributed by atoms with van der Waals surface area (Å²) in [5, 5.41) is 5.53. The van der Waals surface area contributed by atoms with Gasteiger partial charge in [-0.3, -0.25) is 4.79 Å². The molecule has 0 radical (unpaired) electrons. The maximum atomic E-state index is 12.9. The van der Waals surface area contributed by atoms with Gasteiger partial charge in [0.1, 0.15) is 6.10 Å². The lowest BCUT2D eigenvalue weighted by molar-refractivity contribution is -0.0228. The fraction of sp³-hybridized carbons (Fsp3) is 0.167. The molecule has 0 unspecified atom stereocenters. The summed E-state index contributed by atoms with van der Waals surface area (Å²) in [5.41, 5.74) is 2.97. The van der Waals surface area contributed by atoms with Crippen molar-refractivity contribution in [2.75, 3.05) is 30.3 Å². The number of rotatable bonds is 4. The number of hydrogen-bond acceptors (Lipinski definition) is 3. The third kappa shape index (κ3) is 4.85. The fourth-order valence-corrected chi connectivity index (χ4v) is 3.40. The van der Waals surface area contributed by atoms with Gasteiger partial charge < -0.3 is 20.3 Å². The Morgan fingerprint density at radius 2 is 1.40 bits per heavy atom. The van der Waals surface area contributed by atoms with Crippen LogP contribution < -0.4 is 10.6 Å². The molecular formula is C24H23N3O3. The summed E-state index contributed by atoms with van der Waals surface area (Å²) < 4.78 is 5.84. The molecule has 3 aromatic rings. The van der Waals surface area contributed by atoms with Crippen molar-refractivity contribution < 1.29 is 14.3 Å². The van der Waals surface area contributed by atoms with Crippen molar-refractivity contribution in [1.29, 1.82) is 0 Å². The van der Waals surface area contributed by atoms with Crippen LogP contribution in [0.1, 0.15) is 22.0 Å². The number of benzene rings is 3. The maximum Gasteiger partial charge on any atom is 0.323 e. The summed E-state index contributed by atoms with van der Waals surface area (Å²) in [6.07, 6.45) is -0.119. The maximum absolute atomic E-state index is 12.9. The van der Waals surface area contributed by atoms with Gasteiger partial charge in [-0.1, -0.05) is 48.5 Å². The number of nitrogens with one attached hydrogen (secondary N) is 2. The smallest absolute Gasteiger partial charge is 0.323 e. The molecule has 1 aliphatic heterocycles. The molecule has 1 fully saturated rings. The van der Waals surface area contributed by atoms with E-state index in [1.165, 1.54) is 0 Å². The van der Waals surface area contributed by atoms with Gasteiger partial charge in [0.05, 0.1) is 13.2 Å². The van der Waals surface area contributed by atoms with Crippen LogP contribution in [0.25, 0.3) is 0 Å². The van der Waals surface area contributed by atoms with Crippen LogP contribution in [0.4, 0.5) is 16.2 Å². The second kappa shape index (κ2) is 9.24. The summed E-state index contributed by atoms with van der Waals surface area (Å²) >= 11 is 0. The summed E-state index contributed by atoms with van der Waals surface area (Å²) in [6, 6.07) is 25.7. The minimum absolute atomic E-state index is 0.0421. The van der Waals surface area contributed by atoms with E-state index in [1.807, 2.05) is 65.6 Å². The number of nitrogens with zero attached hydrogens (tertiary/aromatic N) is 1. The molecule has 1 saturated heterocycles. The molecule has 1 aliphatic rings. The highest BCUT2D eigenvalue weighted by Crippen LogP contribution is 2.23. The van der Waals surface area contributed by atoms with Gasteiger partial charge in [0, 0.05) is 23.5 Å². The third-order valence-corrected chi connectivity index (χ3v) is 4.95. The topological polar surface area (TPSA) is 70.7 Å². The number of morpholine rings is 1. The highest BCUT2D eigenvalue weighted by atomic mass is 16.5. The Kier molecular flexibility index (Phi) is 6.06. The molecule has 1 atom stereocenters. The molecule has 0 aliphatic carbocycles. The molecule has 4 rings (SSSR count). The minimum atomic E-state index is -0.334. The van der Waals surface area contributed by atoms with E-state index < -0.39 is 0 Å². The SMILES string of the molecule is O=C(Nc1ccccc1)Nc1ccc(C(=O)N2CCO[C@H](c3ccccc3)C2)cc1. The molecular weight excluding hydrogens is 378 g/mol. The summed E-state index contributed by atoms with van der Waals surface area (Å²) in [4.78, 5) is 26.8. The van der Waals surface area contributed by atoms with Crippen LogP contribution in [-0.2, 0) is 4.74 Å². The molecule has 0 spiro atoms. The van der Waals surface area contributed by atoms with Crippen molar-refractivity contribution in [1.82, 2.24) is 4.90 Å².